The van der Waals surface area contributed by atoms with Gasteiger partial charge in [0.25, 0.3) is 0 Å². The fourth-order valence-electron chi connectivity index (χ4n) is 3.02. The Labute approximate surface area is 142 Å². The van der Waals surface area contributed by atoms with Crippen LogP contribution in [0.3, 0.4) is 0 Å². The van der Waals surface area contributed by atoms with E-state index in [1.807, 2.05) is 19.0 Å². The molecular weight excluding hydrogens is 312 g/mol. The van der Waals surface area contributed by atoms with Crippen molar-refractivity contribution in [3.8, 4) is 0 Å². The number of carbonyl (C=O) groups excluding carboxylic acids is 1. The zero-order chi connectivity index (χ0) is 17.9. The normalized spacial score (nSPS) is 17.3. The van der Waals surface area contributed by atoms with Crippen molar-refractivity contribution in [1.29, 1.82) is 0 Å². The molecule has 1 rings (SSSR count). The first-order chi connectivity index (χ1) is 10.3. The first kappa shape index (κ1) is 20.4. The van der Waals surface area contributed by atoms with Crippen LogP contribution in [0.15, 0.2) is 0 Å². The minimum atomic E-state index is -2.91. The molecule has 0 aromatic heterocycles. The van der Waals surface area contributed by atoms with Gasteiger partial charge >= 0.3 is 0 Å². The van der Waals surface area contributed by atoms with Gasteiger partial charge in [-0.15, -0.1) is 0 Å². The second-order valence-electron chi connectivity index (χ2n) is 8.71. The van der Waals surface area contributed by atoms with E-state index in [2.05, 4.69) is 25.7 Å². The summed E-state index contributed by atoms with van der Waals surface area (Å²) in [5, 5.41) is 0. The lowest BCUT2D eigenvalue weighted by molar-refractivity contribution is -0.131. The van der Waals surface area contributed by atoms with Gasteiger partial charge in [-0.25, -0.2) is 8.42 Å². The van der Waals surface area contributed by atoms with Gasteiger partial charge in [0.15, 0.2) is 0 Å². The first-order valence-corrected chi connectivity index (χ1v) is 10.5. The Morgan fingerprint density at radius 1 is 1.13 bits per heavy atom. The summed E-state index contributed by atoms with van der Waals surface area (Å²) in [7, 11) is 0.995. The van der Waals surface area contributed by atoms with Gasteiger partial charge in [0.1, 0.15) is 9.84 Å². The molecule has 1 amide bonds. The predicted octanol–water partition coefficient (Wildman–Crippen LogP) is 2.03. The molecule has 1 aliphatic carbocycles. The van der Waals surface area contributed by atoms with E-state index in [9.17, 15) is 13.2 Å². The number of rotatable bonds is 9. The van der Waals surface area contributed by atoms with Gasteiger partial charge in [-0.3, -0.25) is 4.79 Å². The van der Waals surface area contributed by atoms with E-state index < -0.39 is 9.84 Å². The Hall–Kier alpha value is -0.620. The highest BCUT2D eigenvalue weighted by molar-refractivity contribution is 7.90. The average molecular weight is 347 g/mol. The molecule has 0 aliphatic heterocycles. The molecule has 1 aliphatic rings. The Kier molecular flexibility index (Phi) is 6.67. The van der Waals surface area contributed by atoms with Crippen LogP contribution in [-0.2, 0) is 14.6 Å². The molecule has 0 heterocycles. The minimum absolute atomic E-state index is 0.0176. The van der Waals surface area contributed by atoms with Gasteiger partial charge in [-0.2, -0.15) is 0 Å². The van der Waals surface area contributed by atoms with Crippen molar-refractivity contribution in [2.24, 2.45) is 10.8 Å². The molecule has 1 fully saturated rings. The molecule has 0 bridgehead atoms. The Morgan fingerprint density at radius 3 is 2.13 bits per heavy atom. The van der Waals surface area contributed by atoms with E-state index >= 15 is 0 Å². The Balaban J connectivity index is 2.29. The van der Waals surface area contributed by atoms with Crippen molar-refractivity contribution in [2.75, 3.05) is 45.7 Å². The van der Waals surface area contributed by atoms with Crippen molar-refractivity contribution in [3.63, 3.8) is 0 Å². The summed E-state index contributed by atoms with van der Waals surface area (Å²) in [6.07, 6.45) is 4.82. The van der Waals surface area contributed by atoms with Gasteiger partial charge in [0.2, 0.25) is 5.91 Å². The van der Waals surface area contributed by atoms with Crippen LogP contribution in [0, 0.1) is 10.8 Å². The van der Waals surface area contributed by atoms with Crippen LogP contribution in [0.2, 0.25) is 0 Å². The Morgan fingerprint density at radius 2 is 1.70 bits per heavy atom. The van der Waals surface area contributed by atoms with Gasteiger partial charge in [0.05, 0.1) is 5.75 Å². The second kappa shape index (κ2) is 7.51. The van der Waals surface area contributed by atoms with Crippen LogP contribution in [-0.4, -0.2) is 69.9 Å². The van der Waals surface area contributed by atoms with Crippen LogP contribution in [0.1, 0.15) is 46.5 Å². The number of sulfone groups is 1. The predicted molar refractivity (Wildman–Crippen MR) is 95.2 cm³/mol. The van der Waals surface area contributed by atoms with E-state index in [4.69, 9.17) is 0 Å². The highest BCUT2D eigenvalue weighted by Crippen LogP contribution is 2.47. The van der Waals surface area contributed by atoms with Crippen molar-refractivity contribution >= 4 is 15.7 Å². The van der Waals surface area contributed by atoms with E-state index in [0.717, 1.165) is 38.9 Å². The summed E-state index contributed by atoms with van der Waals surface area (Å²) in [4.78, 5) is 16.1. The van der Waals surface area contributed by atoms with Crippen LogP contribution < -0.4 is 0 Å². The van der Waals surface area contributed by atoms with Gasteiger partial charge in [-0.1, -0.05) is 20.8 Å². The molecule has 6 heteroatoms. The molecule has 0 aromatic carbocycles. The topological polar surface area (TPSA) is 57.7 Å². The molecule has 0 radical (unpaired) electrons. The van der Waals surface area contributed by atoms with Crippen LogP contribution >= 0.6 is 0 Å². The van der Waals surface area contributed by atoms with E-state index in [1.165, 1.54) is 6.26 Å². The smallest absolute Gasteiger partial charge is 0.222 e. The van der Waals surface area contributed by atoms with E-state index in [-0.39, 0.29) is 16.7 Å². The number of carbonyl (C=O) groups is 1. The molecule has 0 aromatic rings. The summed E-state index contributed by atoms with van der Waals surface area (Å²) in [6, 6.07) is 0. The number of amides is 1. The summed E-state index contributed by atoms with van der Waals surface area (Å²) in [6.45, 7) is 8.69. The summed E-state index contributed by atoms with van der Waals surface area (Å²) >= 11 is 0. The summed E-state index contributed by atoms with van der Waals surface area (Å²) < 4.78 is 23.0. The number of hydrogen-bond donors (Lipinski definition) is 0. The van der Waals surface area contributed by atoms with Crippen molar-refractivity contribution in [1.82, 2.24) is 9.80 Å². The first-order valence-electron chi connectivity index (χ1n) is 8.42. The monoisotopic (exact) mass is 346 g/mol. The molecule has 0 unspecified atom stereocenters. The Bertz CT molecular complexity index is 504. The zero-order valence-electron chi connectivity index (χ0n) is 15.7. The molecule has 0 N–H and O–H groups in total. The maximum absolute atomic E-state index is 12.1. The van der Waals surface area contributed by atoms with Gasteiger partial charge < -0.3 is 9.80 Å². The second-order valence-corrected chi connectivity index (χ2v) is 10.9. The SMILES string of the molecule is CN(CCCN(C)C(=O)CC(C)(C)C)CC1(CS(C)(=O)=O)CC1. The molecule has 1 saturated carbocycles. The fraction of sp³-hybridized carbons (Fsp3) is 0.941. The van der Waals surface area contributed by atoms with Crippen molar-refractivity contribution < 1.29 is 13.2 Å². The number of nitrogens with zero attached hydrogens (tertiary/aromatic N) is 2. The standard InChI is InChI=1S/C17H34N2O3S/c1-16(2,3)12-15(20)19(5)11-7-10-18(4)13-17(8-9-17)14-23(6,21)22/h7-14H2,1-6H3. The highest BCUT2D eigenvalue weighted by Gasteiger charge is 2.45. The summed E-state index contributed by atoms with van der Waals surface area (Å²) in [5.41, 5.74) is 0.00240. The third-order valence-corrected chi connectivity index (χ3v) is 5.41. The third kappa shape index (κ3) is 8.70. The fourth-order valence-corrected chi connectivity index (χ4v) is 4.52. The van der Waals surface area contributed by atoms with Crippen LogP contribution in [0.4, 0.5) is 0 Å². The zero-order valence-corrected chi connectivity index (χ0v) is 16.5. The lowest BCUT2D eigenvalue weighted by Gasteiger charge is -2.26. The quantitative estimate of drug-likeness (QED) is 0.641. The molecule has 0 saturated heterocycles. The molecule has 5 nitrogen and oxygen atoms in total. The van der Waals surface area contributed by atoms with Crippen LogP contribution in [0.5, 0.6) is 0 Å². The summed E-state index contributed by atoms with van der Waals surface area (Å²) in [5.74, 6) is 0.491. The van der Waals surface area contributed by atoms with E-state index in [0.29, 0.717) is 12.2 Å². The third-order valence-electron chi connectivity index (χ3n) is 4.27. The maximum Gasteiger partial charge on any atom is 0.222 e. The molecule has 0 atom stereocenters. The lowest BCUT2D eigenvalue weighted by atomic mass is 9.92. The molecule has 136 valence electrons. The van der Waals surface area contributed by atoms with Crippen molar-refractivity contribution in [2.45, 2.75) is 46.5 Å². The van der Waals surface area contributed by atoms with Gasteiger partial charge in [-0.05, 0) is 43.7 Å². The van der Waals surface area contributed by atoms with Gasteiger partial charge in [0, 0.05) is 32.8 Å². The van der Waals surface area contributed by atoms with Crippen LogP contribution in [0.25, 0.3) is 0 Å². The maximum atomic E-state index is 12.1. The molecule has 23 heavy (non-hydrogen) atoms. The number of hydrogen-bond acceptors (Lipinski definition) is 4. The molecule has 0 spiro atoms. The highest BCUT2D eigenvalue weighted by atomic mass is 32.2. The molecular formula is C17H34N2O3S. The van der Waals surface area contributed by atoms with E-state index in [1.54, 1.807) is 0 Å². The largest absolute Gasteiger partial charge is 0.346 e. The minimum Gasteiger partial charge on any atom is -0.346 e. The lowest BCUT2D eigenvalue weighted by Crippen LogP contribution is -2.35. The average Bonchev–Trinajstić information content (AvgIpc) is 3.03. The van der Waals surface area contributed by atoms with Crippen molar-refractivity contribution in [3.05, 3.63) is 0 Å².